The quantitative estimate of drug-likeness (QED) is 0.0268. The first-order valence-electron chi connectivity index (χ1n) is 23.2. The second-order valence-corrected chi connectivity index (χ2v) is 15.7. The van der Waals surface area contributed by atoms with Gasteiger partial charge < -0.3 is 14.2 Å². The Morgan fingerprint density at radius 2 is 0.642 bits per heavy atom. The van der Waals surface area contributed by atoms with E-state index in [9.17, 15) is 14.4 Å². The zero-order valence-corrected chi connectivity index (χ0v) is 35.6. The molecule has 6 heteroatoms. The minimum absolute atomic E-state index is 0.0689. The van der Waals surface area contributed by atoms with E-state index >= 15 is 0 Å². The molecule has 0 aliphatic heterocycles. The number of rotatable bonds is 42. The van der Waals surface area contributed by atoms with Gasteiger partial charge in [-0.3, -0.25) is 14.4 Å². The second-order valence-electron chi connectivity index (χ2n) is 15.7. The molecule has 0 aliphatic carbocycles. The molecule has 0 radical (unpaired) electrons. The summed E-state index contributed by atoms with van der Waals surface area (Å²) in [5, 5.41) is 0. The van der Waals surface area contributed by atoms with Gasteiger partial charge in [0.05, 0.1) is 0 Å². The summed E-state index contributed by atoms with van der Waals surface area (Å²) < 4.78 is 16.7. The molecule has 53 heavy (non-hydrogen) atoms. The van der Waals surface area contributed by atoms with Gasteiger partial charge in [-0.25, -0.2) is 0 Å². The number of carbonyl (C=O) groups is 3. The molecule has 0 spiro atoms. The van der Waals surface area contributed by atoms with Gasteiger partial charge in [0, 0.05) is 19.3 Å². The molecule has 0 saturated carbocycles. The molecule has 0 bridgehead atoms. The normalized spacial score (nSPS) is 12.0. The maximum absolute atomic E-state index is 12.7. The molecule has 0 N–H and O–H groups in total. The first-order chi connectivity index (χ1) is 26.0. The van der Waals surface area contributed by atoms with E-state index in [-0.39, 0.29) is 31.1 Å². The molecule has 1 atom stereocenters. The van der Waals surface area contributed by atoms with Gasteiger partial charge in [-0.2, -0.15) is 0 Å². The number of hydrogen-bond donors (Lipinski definition) is 0. The van der Waals surface area contributed by atoms with Crippen LogP contribution in [-0.4, -0.2) is 37.2 Å². The molecule has 0 aromatic carbocycles. The third kappa shape index (κ3) is 41.2. The molecule has 0 aliphatic rings. The Labute approximate surface area is 329 Å². The van der Waals surface area contributed by atoms with Crippen molar-refractivity contribution in [1.82, 2.24) is 0 Å². The summed E-state index contributed by atoms with van der Waals surface area (Å²) in [6.07, 6.45) is 44.7. The van der Waals surface area contributed by atoms with Crippen molar-refractivity contribution in [3.63, 3.8) is 0 Å². The highest BCUT2D eigenvalue weighted by atomic mass is 16.6. The zero-order valence-electron chi connectivity index (χ0n) is 35.6. The number of unbranched alkanes of at least 4 members (excludes halogenated alkanes) is 29. The SMILES string of the molecule is CCCC/C=C\CCCCCCCC(=O)O[C@H](COC(=O)CCCCCCCCCCCCC)COC(=O)CCCCCCCCCCCCCCC. The van der Waals surface area contributed by atoms with Crippen molar-refractivity contribution >= 4 is 17.9 Å². The van der Waals surface area contributed by atoms with Crippen molar-refractivity contribution in [2.45, 2.75) is 258 Å². The van der Waals surface area contributed by atoms with Crippen LogP contribution in [0.3, 0.4) is 0 Å². The van der Waals surface area contributed by atoms with Crippen molar-refractivity contribution in [2.24, 2.45) is 0 Å². The second kappa shape index (κ2) is 42.9. The molecule has 312 valence electrons. The first-order valence-corrected chi connectivity index (χ1v) is 23.2. The predicted molar refractivity (Wildman–Crippen MR) is 224 cm³/mol. The summed E-state index contributed by atoms with van der Waals surface area (Å²) in [7, 11) is 0. The number of carbonyl (C=O) groups excluding carboxylic acids is 3. The Morgan fingerprint density at radius 1 is 0.358 bits per heavy atom. The van der Waals surface area contributed by atoms with E-state index in [0.29, 0.717) is 19.3 Å². The summed E-state index contributed by atoms with van der Waals surface area (Å²) in [5.41, 5.74) is 0. The number of esters is 3. The summed E-state index contributed by atoms with van der Waals surface area (Å²) >= 11 is 0. The van der Waals surface area contributed by atoms with E-state index in [4.69, 9.17) is 14.2 Å². The average Bonchev–Trinajstić information content (AvgIpc) is 3.15. The number of hydrogen-bond acceptors (Lipinski definition) is 6. The van der Waals surface area contributed by atoms with Gasteiger partial charge >= 0.3 is 17.9 Å². The van der Waals surface area contributed by atoms with E-state index in [1.54, 1.807) is 0 Å². The zero-order chi connectivity index (χ0) is 38.7. The van der Waals surface area contributed by atoms with Gasteiger partial charge in [-0.15, -0.1) is 0 Å². The molecule has 0 unspecified atom stereocenters. The topological polar surface area (TPSA) is 78.9 Å². The Balaban J connectivity index is 4.34. The van der Waals surface area contributed by atoms with Crippen LogP contribution in [0.4, 0.5) is 0 Å². The van der Waals surface area contributed by atoms with Gasteiger partial charge in [0.15, 0.2) is 6.10 Å². The Hall–Kier alpha value is -1.85. The third-order valence-electron chi connectivity index (χ3n) is 10.3. The average molecular weight is 749 g/mol. The number of allylic oxidation sites excluding steroid dienone is 2. The summed E-state index contributed by atoms with van der Waals surface area (Å²) in [5.74, 6) is -0.870. The van der Waals surface area contributed by atoms with Crippen molar-refractivity contribution in [2.75, 3.05) is 13.2 Å². The molecule has 0 heterocycles. The number of ether oxygens (including phenoxy) is 3. The molecular weight excluding hydrogens is 661 g/mol. The summed E-state index contributed by atoms with van der Waals surface area (Å²) in [6.45, 7) is 6.60. The predicted octanol–water partition coefficient (Wildman–Crippen LogP) is 14.6. The Morgan fingerprint density at radius 3 is 1.00 bits per heavy atom. The van der Waals surface area contributed by atoms with Crippen LogP contribution < -0.4 is 0 Å². The minimum atomic E-state index is -0.765. The largest absolute Gasteiger partial charge is 0.462 e. The lowest BCUT2D eigenvalue weighted by atomic mass is 10.0. The smallest absolute Gasteiger partial charge is 0.306 e. The summed E-state index contributed by atoms with van der Waals surface area (Å²) in [4.78, 5) is 37.7. The fourth-order valence-electron chi connectivity index (χ4n) is 6.72. The Bertz CT molecular complexity index is 824. The van der Waals surface area contributed by atoms with Crippen LogP contribution in [0.2, 0.25) is 0 Å². The molecule has 0 rings (SSSR count). The van der Waals surface area contributed by atoms with Crippen LogP contribution in [0.25, 0.3) is 0 Å². The fraction of sp³-hybridized carbons (Fsp3) is 0.894. The van der Waals surface area contributed by atoms with Gasteiger partial charge in [0.25, 0.3) is 0 Å². The van der Waals surface area contributed by atoms with E-state index in [1.807, 2.05) is 0 Å². The van der Waals surface area contributed by atoms with Crippen LogP contribution in [0.1, 0.15) is 252 Å². The molecule has 6 nitrogen and oxygen atoms in total. The summed E-state index contributed by atoms with van der Waals surface area (Å²) in [6, 6.07) is 0. The minimum Gasteiger partial charge on any atom is -0.462 e. The molecule has 0 saturated heterocycles. The molecular formula is C47H88O6. The van der Waals surface area contributed by atoms with Crippen molar-refractivity contribution in [1.29, 1.82) is 0 Å². The highest BCUT2D eigenvalue weighted by Crippen LogP contribution is 2.15. The van der Waals surface area contributed by atoms with E-state index in [1.165, 1.54) is 148 Å². The van der Waals surface area contributed by atoms with E-state index in [2.05, 4.69) is 32.9 Å². The highest BCUT2D eigenvalue weighted by Gasteiger charge is 2.19. The molecule has 0 aromatic rings. The van der Waals surface area contributed by atoms with Gasteiger partial charge in [0.2, 0.25) is 0 Å². The highest BCUT2D eigenvalue weighted by molar-refractivity contribution is 5.71. The van der Waals surface area contributed by atoms with Crippen molar-refractivity contribution in [3.8, 4) is 0 Å². The molecule has 0 amide bonds. The third-order valence-corrected chi connectivity index (χ3v) is 10.3. The Kier molecular flexibility index (Phi) is 41.4. The van der Waals surface area contributed by atoms with Gasteiger partial charge in [-0.1, -0.05) is 206 Å². The van der Waals surface area contributed by atoms with E-state index in [0.717, 1.165) is 64.2 Å². The monoisotopic (exact) mass is 749 g/mol. The van der Waals surface area contributed by atoms with E-state index < -0.39 is 6.10 Å². The molecule has 0 aromatic heterocycles. The van der Waals surface area contributed by atoms with Crippen LogP contribution in [-0.2, 0) is 28.6 Å². The van der Waals surface area contributed by atoms with Crippen LogP contribution in [0.15, 0.2) is 12.2 Å². The van der Waals surface area contributed by atoms with Crippen molar-refractivity contribution < 1.29 is 28.6 Å². The lowest BCUT2D eigenvalue weighted by Crippen LogP contribution is -2.30. The van der Waals surface area contributed by atoms with Gasteiger partial charge in [-0.05, 0) is 38.5 Å². The van der Waals surface area contributed by atoms with Crippen LogP contribution in [0.5, 0.6) is 0 Å². The van der Waals surface area contributed by atoms with Crippen molar-refractivity contribution in [3.05, 3.63) is 12.2 Å². The van der Waals surface area contributed by atoms with Crippen LogP contribution in [0, 0.1) is 0 Å². The first kappa shape index (κ1) is 51.1. The lowest BCUT2D eigenvalue weighted by molar-refractivity contribution is -0.167. The maximum Gasteiger partial charge on any atom is 0.306 e. The van der Waals surface area contributed by atoms with Gasteiger partial charge in [0.1, 0.15) is 13.2 Å². The van der Waals surface area contributed by atoms with Crippen LogP contribution >= 0.6 is 0 Å². The fourth-order valence-corrected chi connectivity index (χ4v) is 6.72. The molecule has 0 fully saturated rings. The standard InChI is InChI=1S/C47H88O6/c1-4-7-10-13-16-19-22-23-26-28-31-34-37-40-46(49)52-43-44(53-47(50)41-38-35-32-29-25-21-18-15-12-9-6-3)42-51-45(48)39-36-33-30-27-24-20-17-14-11-8-5-2/h15,18,44H,4-14,16-17,19-43H2,1-3H3/b18-15-/t44-/m1/s1. The maximum atomic E-state index is 12.7. The lowest BCUT2D eigenvalue weighted by Gasteiger charge is -2.18.